The van der Waals surface area contributed by atoms with Crippen LogP contribution in [0.3, 0.4) is 0 Å². The fourth-order valence-corrected chi connectivity index (χ4v) is 3.67. The minimum Gasteiger partial charge on any atom is -0.309 e. The van der Waals surface area contributed by atoms with E-state index in [0.717, 1.165) is 5.56 Å². The maximum atomic E-state index is 13.4. The summed E-state index contributed by atoms with van der Waals surface area (Å²) in [5.41, 5.74) is 1.78. The molecule has 0 fully saturated rings. The van der Waals surface area contributed by atoms with Crippen molar-refractivity contribution in [1.82, 2.24) is 5.32 Å². The van der Waals surface area contributed by atoms with Crippen molar-refractivity contribution in [3.05, 3.63) is 70.4 Å². The predicted octanol–water partition coefficient (Wildman–Crippen LogP) is 4.66. The highest BCUT2D eigenvalue weighted by Crippen LogP contribution is 2.33. The van der Waals surface area contributed by atoms with E-state index in [9.17, 15) is 4.39 Å². The van der Waals surface area contributed by atoms with E-state index in [-0.39, 0.29) is 11.9 Å². The van der Waals surface area contributed by atoms with Crippen molar-refractivity contribution in [3.63, 3.8) is 0 Å². The maximum absolute atomic E-state index is 13.4. The van der Waals surface area contributed by atoms with Gasteiger partial charge in [-0.1, -0.05) is 30.3 Å². The SMILES string of the molecule is CNC(c1ccc(F)c(C)c1)c1cc2ccccc2s1. The Hall–Kier alpha value is -1.71. The van der Waals surface area contributed by atoms with Crippen molar-refractivity contribution < 1.29 is 4.39 Å². The number of benzene rings is 2. The molecule has 102 valence electrons. The van der Waals surface area contributed by atoms with Crippen LogP contribution in [0.2, 0.25) is 0 Å². The van der Waals surface area contributed by atoms with E-state index in [1.807, 2.05) is 19.2 Å². The molecule has 1 aromatic heterocycles. The molecular weight excluding hydrogens is 269 g/mol. The van der Waals surface area contributed by atoms with E-state index in [1.165, 1.54) is 15.0 Å². The third-order valence-corrected chi connectivity index (χ3v) is 4.71. The van der Waals surface area contributed by atoms with E-state index < -0.39 is 0 Å². The average molecular weight is 285 g/mol. The van der Waals surface area contributed by atoms with Crippen molar-refractivity contribution in [2.24, 2.45) is 0 Å². The third kappa shape index (κ3) is 2.35. The van der Waals surface area contributed by atoms with Gasteiger partial charge in [-0.3, -0.25) is 0 Å². The van der Waals surface area contributed by atoms with Gasteiger partial charge in [0.2, 0.25) is 0 Å². The molecule has 3 rings (SSSR count). The second kappa shape index (κ2) is 5.35. The van der Waals surface area contributed by atoms with Gasteiger partial charge in [-0.15, -0.1) is 11.3 Å². The molecule has 3 heteroatoms. The predicted molar refractivity (Wildman–Crippen MR) is 83.9 cm³/mol. The van der Waals surface area contributed by atoms with Gasteiger partial charge >= 0.3 is 0 Å². The molecule has 3 aromatic rings. The number of halogens is 1. The molecule has 0 saturated carbocycles. The maximum Gasteiger partial charge on any atom is 0.126 e. The third-order valence-electron chi connectivity index (χ3n) is 3.53. The van der Waals surface area contributed by atoms with Crippen LogP contribution in [0.25, 0.3) is 10.1 Å². The van der Waals surface area contributed by atoms with Crippen molar-refractivity contribution in [2.45, 2.75) is 13.0 Å². The zero-order valence-corrected chi connectivity index (χ0v) is 12.3. The Bertz CT molecular complexity index is 715. The standard InChI is InChI=1S/C17H16FNS/c1-11-9-13(7-8-14(11)18)17(19-2)16-10-12-5-3-4-6-15(12)20-16/h3-10,17,19H,1-2H3. The summed E-state index contributed by atoms with van der Waals surface area (Å²) in [5, 5.41) is 4.59. The van der Waals surface area contributed by atoms with E-state index in [4.69, 9.17) is 0 Å². The lowest BCUT2D eigenvalue weighted by molar-refractivity contribution is 0.614. The van der Waals surface area contributed by atoms with Gasteiger partial charge in [-0.05, 0) is 48.7 Å². The van der Waals surface area contributed by atoms with Crippen LogP contribution >= 0.6 is 11.3 Å². The Morgan fingerprint density at radius 1 is 1.10 bits per heavy atom. The number of hydrogen-bond acceptors (Lipinski definition) is 2. The van der Waals surface area contributed by atoms with Crippen LogP contribution in [0.15, 0.2) is 48.5 Å². The Labute approximate surface area is 122 Å². The number of fused-ring (bicyclic) bond motifs is 1. The number of rotatable bonds is 3. The first-order valence-corrected chi connectivity index (χ1v) is 7.42. The second-order valence-corrected chi connectivity index (χ2v) is 6.03. The van der Waals surface area contributed by atoms with Gasteiger partial charge in [0, 0.05) is 9.58 Å². The summed E-state index contributed by atoms with van der Waals surface area (Å²) in [4.78, 5) is 1.25. The molecule has 20 heavy (non-hydrogen) atoms. The van der Waals surface area contributed by atoms with Crippen LogP contribution < -0.4 is 5.32 Å². The second-order valence-electron chi connectivity index (χ2n) is 4.92. The van der Waals surface area contributed by atoms with Gasteiger partial charge in [-0.25, -0.2) is 4.39 Å². The summed E-state index contributed by atoms with van der Waals surface area (Å²) in [6.45, 7) is 1.80. The molecule has 0 aliphatic carbocycles. The van der Waals surface area contributed by atoms with E-state index in [2.05, 4.69) is 35.6 Å². The van der Waals surface area contributed by atoms with Crippen molar-refractivity contribution in [1.29, 1.82) is 0 Å². The highest BCUT2D eigenvalue weighted by molar-refractivity contribution is 7.19. The normalized spacial score (nSPS) is 12.8. The first-order valence-electron chi connectivity index (χ1n) is 6.61. The Kier molecular flexibility index (Phi) is 3.55. The summed E-state index contributed by atoms with van der Waals surface area (Å²) in [5.74, 6) is -0.153. The van der Waals surface area contributed by atoms with Crippen LogP contribution in [0.5, 0.6) is 0 Å². The molecular formula is C17H16FNS. The lowest BCUT2D eigenvalue weighted by atomic mass is 10.0. The topological polar surface area (TPSA) is 12.0 Å². The molecule has 0 radical (unpaired) electrons. The van der Waals surface area contributed by atoms with E-state index >= 15 is 0 Å². The largest absolute Gasteiger partial charge is 0.309 e. The van der Waals surface area contributed by atoms with Gasteiger partial charge in [-0.2, -0.15) is 0 Å². The van der Waals surface area contributed by atoms with Crippen LogP contribution in [-0.2, 0) is 0 Å². The van der Waals surface area contributed by atoms with Crippen LogP contribution in [0.1, 0.15) is 22.0 Å². The fraction of sp³-hybridized carbons (Fsp3) is 0.176. The molecule has 0 aliphatic rings. The molecule has 1 N–H and O–H groups in total. The summed E-state index contributed by atoms with van der Waals surface area (Å²) >= 11 is 1.78. The Morgan fingerprint density at radius 2 is 1.90 bits per heavy atom. The lowest BCUT2D eigenvalue weighted by Crippen LogP contribution is -2.16. The molecule has 0 aliphatic heterocycles. The molecule has 0 bridgehead atoms. The van der Waals surface area contributed by atoms with Gasteiger partial charge in [0.05, 0.1) is 6.04 Å². The minimum atomic E-state index is -0.153. The zero-order chi connectivity index (χ0) is 14.1. The lowest BCUT2D eigenvalue weighted by Gasteiger charge is -2.15. The van der Waals surface area contributed by atoms with Gasteiger partial charge in [0.15, 0.2) is 0 Å². The van der Waals surface area contributed by atoms with Crippen LogP contribution in [0.4, 0.5) is 4.39 Å². The molecule has 2 aromatic carbocycles. The number of hydrogen-bond donors (Lipinski definition) is 1. The molecule has 1 atom stereocenters. The fourth-order valence-electron chi connectivity index (χ4n) is 2.47. The quantitative estimate of drug-likeness (QED) is 0.738. The molecule has 0 spiro atoms. The molecule has 1 unspecified atom stereocenters. The van der Waals surface area contributed by atoms with Crippen LogP contribution in [0, 0.1) is 12.7 Å². The summed E-state index contributed by atoms with van der Waals surface area (Å²) < 4.78 is 14.7. The average Bonchev–Trinajstić information content (AvgIpc) is 2.87. The van der Waals surface area contributed by atoms with Gasteiger partial charge < -0.3 is 5.32 Å². The summed E-state index contributed by atoms with van der Waals surface area (Å²) in [6.07, 6.45) is 0. The minimum absolute atomic E-state index is 0.103. The molecule has 0 amide bonds. The zero-order valence-electron chi connectivity index (χ0n) is 11.5. The monoisotopic (exact) mass is 285 g/mol. The first kappa shape index (κ1) is 13.3. The highest BCUT2D eigenvalue weighted by Gasteiger charge is 2.15. The summed E-state index contributed by atoms with van der Waals surface area (Å²) in [7, 11) is 1.94. The molecule has 1 nitrogen and oxygen atoms in total. The molecule has 0 saturated heterocycles. The Morgan fingerprint density at radius 3 is 2.60 bits per heavy atom. The highest BCUT2D eigenvalue weighted by atomic mass is 32.1. The van der Waals surface area contributed by atoms with Gasteiger partial charge in [0.25, 0.3) is 0 Å². The number of nitrogens with one attached hydrogen (secondary N) is 1. The smallest absolute Gasteiger partial charge is 0.126 e. The number of aryl methyl sites for hydroxylation is 1. The first-order chi connectivity index (χ1) is 9.69. The van der Waals surface area contributed by atoms with Crippen LogP contribution in [-0.4, -0.2) is 7.05 Å². The summed E-state index contributed by atoms with van der Waals surface area (Å²) in [6, 6.07) is 16.0. The van der Waals surface area contributed by atoms with Crippen molar-refractivity contribution in [2.75, 3.05) is 7.05 Å². The Balaban J connectivity index is 2.06. The van der Waals surface area contributed by atoms with Crippen molar-refractivity contribution >= 4 is 21.4 Å². The van der Waals surface area contributed by atoms with E-state index in [0.29, 0.717) is 5.56 Å². The molecule has 1 heterocycles. The van der Waals surface area contributed by atoms with E-state index in [1.54, 1.807) is 24.3 Å². The number of thiophene rings is 1. The van der Waals surface area contributed by atoms with Gasteiger partial charge in [0.1, 0.15) is 5.82 Å². The van der Waals surface area contributed by atoms with Crippen molar-refractivity contribution in [3.8, 4) is 0 Å².